The predicted octanol–water partition coefficient (Wildman–Crippen LogP) is 6.11. The molecule has 0 saturated carbocycles. The Labute approximate surface area is 155 Å². The maximum absolute atomic E-state index is 6.36. The Balaban J connectivity index is 1.96. The second kappa shape index (κ2) is 6.71. The second-order valence-electron chi connectivity index (χ2n) is 5.49. The largest absolute Gasteiger partial charge is 0.336 e. The molecule has 0 radical (unpaired) electrons. The highest BCUT2D eigenvalue weighted by Crippen LogP contribution is 2.37. The van der Waals surface area contributed by atoms with Gasteiger partial charge in [-0.05, 0) is 24.3 Å². The summed E-state index contributed by atoms with van der Waals surface area (Å²) in [5.74, 6) is 0.620. The van der Waals surface area contributed by atoms with E-state index in [1.54, 1.807) is 18.3 Å². The molecule has 1 N–H and O–H groups in total. The molecule has 0 fully saturated rings. The van der Waals surface area contributed by atoms with Crippen LogP contribution in [0.25, 0.3) is 34.0 Å². The SMILES string of the molecule is Clc1cccc(Cl)c1-c1nc(-c2ccccc2)c(-c2ccccn2)[nH]1. The van der Waals surface area contributed by atoms with E-state index in [2.05, 4.69) is 9.97 Å². The highest BCUT2D eigenvalue weighted by Gasteiger charge is 2.18. The molecule has 0 bridgehead atoms. The smallest absolute Gasteiger partial charge is 0.141 e. The normalized spacial score (nSPS) is 10.8. The molecule has 0 atom stereocenters. The van der Waals surface area contributed by atoms with E-state index >= 15 is 0 Å². The van der Waals surface area contributed by atoms with Gasteiger partial charge in [0.2, 0.25) is 0 Å². The Morgan fingerprint density at radius 2 is 1.48 bits per heavy atom. The van der Waals surface area contributed by atoms with Gasteiger partial charge in [-0.1, -0.05) is 65.7 Å². The molecule has 0 spiro atoms. The van der Waals surface area contributed by atoms with Crippen molar-refractivity contribution >= 4 is 23.2 Å². The van der Waals surface area contributed by atoms with Crippen LogP contribution in [0.15, 0.2) is 72.9 Å². The van der Waals surface area contributed by atoms with E-state index in [-0.39, 0.29) is 0 Å². The Morgan fingerprint density at radius 3 is 2.16 bits per heavy atom. The molecule has 0 amide bonds. The van der Waals surface area contributed by atoms with Gasteiger partial charge in [-0.2, -0.15) is 0 Å². The molecule has 4 aromatic rings. The number of nitrogens with zero attached hydrogens (tertiary/aromatic N) is 2. The first-order valence-electron chi connectivity index (χ1n) is 7.75. The van der Waals surface area contributed by atoms with Crippen molar-refractivity contribution in [1.29, 1.82) is 0 Å². The lowest BCUT2D eigenvalue weighted by atomic mass is 10.1. The fourth-order valence-electron chi connectivity index (χ4n) is 2.72. The monoisotopic (exact) mass is 365 g/mol. The number of imidazole rings is 1. The van der Waals surface area contributed by atoms with Crippen molar-refractivity contribution in [1.82, 2.24) is 15.0 Å². The number of H-pyrrole nitrogens is 1. The van der Waals surface area contributed by atoms with E-state index in [1.165, 1.54) is 0 Å². The third-order valence-corrected chi connectivity index (χ3v) is 4.50. The molecule has 2 heterocycles. The number of hydrogen-bond acceptors (Lipinski definition) is 2. The molecule has 0 aliphatic heterocycles. The third kappa shape index (κ3) is 3.04. The van der Waals surface area contributed by atoms with Gasteiger partial charge >= 0.3 is 0 Å². The van der Waals surface area contributed by atoms with Crippen LogP contribution >= 0.6 is 23.2 Å². The number of hydrogen-bond donors (Lipinski definition) is 1. The molecule has 25 heavy (non-hydrogen) atoms. The minimum atomic E-state index is 0.549. The van der Waals surface area contributed by atoms with Crippen LogP contribution in [-0.2, 0) is 0 Å². The van der Waals surface area contributed by atoms with E-state index < -0.39 is 0 Å². The first-order chi connectivity index (χ1) is 12.2. The summed E-state index contributed by atoms with van der Waals surface area (Å²) < 4.78 is 0. The van der Waals surface area contributed by atoms with Crippen LogP contribution in [0.4, 0.5) is 0 Å². The summed E-state index contributed by atoms with van der Waals surface area (Å²) in [5.41, 5.74) is 4.13. The number of rotatable bonds is 3. The van der Waals surface area contributed by atoms with E-state index in [4.69, 9.17) is 28.2 Å². The number of nitrogens with one attached hydrogen (secondary N) is 1. The number of aromatic amines is 1. The Morgan fingerprint density at radius 1 is 0.760 bits per heavy atom. The molecule has 122 valence electrons. The Kier molecular flexibility index (Phi) is 4.26. The fourth-order valence-corrected chi connectivity index (χ4v) is 3.29. The highest BCUT2D eigenvalue weighted by molar-refractivity contribution is 6.39. The lowest BCUT2D eigenvalue weighted by Crippen LogP contribution is -1.86. The minimum absolute atomic E-state index is 0.549. The molecule has 0 aliphatic carbocycles. The van der Waals surface area contributed by atoms with Gasteiger partial charge in [0.05, 0.1) is 32.7 Å². The van der Waals surface area contributed by atoms with E-state index in [0.29, 0.717) is 21.4 Å². The summed E-state index contributed by atoms with van der Waals surface area (Å²) in [6.45, 7) is 0. The molecule has 0 saturated heterocycles. The van der Waals surface area contributed by atoms with Gasteiger partial charge in [0.1, 0.15) is 5.82 Å². The summed E-state index contributed by atoms with van der Waals surface area (Å²) in [6.07, 6.45) is 1.76. The molecule has 0 aliphatic rings. The summed E-state index contributed by atoms with van der Waals surface area (Å²) >= 11 is 12.7. The lowest BCUT2D eigenvalue weighted by Gasteiger charge is -2.03. The van der Waals surface area contributed by atoms with E-state index in [1.807, 2.05) is 54.6 Å². The summed E-state index contributed by atoms with van der Waals surface area (Å²) in [4.78, 5) is 12.6. The molecule has 5 heteroatoms. The van der Waals surface area contributed by atoms with Crippen molar-refractivity contribution in [3.8, 4) is 34.0 Å². The molecule has 0 unspecified atom stereocenters. The molecule has 4 rings (SSSR count). The molecule has 3 nitrogen and oxygen atoms in total. The van der Waals surface area contributed by atoms with Gasteiger partial charge in [0.15, 0.2) is 0 Å². The van der Waals surface area contributed by atoms with Gasteiger partial charge < -0.3 is 4.98 Å². The number of halogens is 2. The first-order valence-corrected chi connectivity index (χ1v) is 8.51. The van der Waals surface area contributed by atoms with Crippen LogP contribution in [0.2, 0.25) is 10.0 Å². The third-order valence-electron chi connectivity index (χ3n) is 3.87. The van der Waals surface area contributed by atoms with Crippen LogP contribution in [-0.4, -0.2) is 15.0 Å². The zero-order chi connectivity index (χ0) is 17.2. The summed E-state index contributed by atoms with van der Waals surface area (Å²) in [5, 5.41) is 1.10. The Hall–Kier alpha value is -2.62. The van der Waals surface area contributed by atoms with Gasteiger partial charge in [0.25, 0.3) is 0 Å². The summed E-state index contributed by atoms with van der Waals surface area (Å²) in [7, 11) is 0. The second-order valence-corrected chi connectivity index (χ2v) is 6.30. The van der Waals surface area contributed by atoms with E-state index in [9.17, 15) is 0 Å². The Bertz CT molecular complexity index is 935. The van der Waals surface area contributed by atoms with E-state index in [0.717, 1.165) is 22.6 Å². The van der Waals surface area contributed by atoms with Crippen molar-refractivity contribution in [3.63, 3.8) is 0 Å². The van der Waals surface area contributed by atoms with Crippen LogP contribution in [0, 0.1) is 0 Å². The van der Waals surface area contributed by atoms with Gasteiger partial charge in [0, 0.05) is 11.8 Å². The molecular weight excluding hydrogens is 353 g/mol. The topological polar surface area (TPSA) is 41.6 Å². The first kappa shape index (κ1) is 15.9. The van der Waals surface area contributed by atoms with Crippen LogP contribution < -0.4 is 0 Å². The zero-order valence-electron chi connectivity index (χ0n) is 13.1. The highest BCUT2D eigenvalue weighted by atomic mass is 35.5. The van der Waals surface area contributed by atoms with Crippen LogP contribution in [0.5, 0.6) is 0 Å². The van der Waals surface area contributed by atoms with Crippen LogP contribution in [0.3, 0.4) is 0 Å². The van der Waals surface area contributed by atoms with Crippen LogP contribution in [0.1, 0.15) is 0 Å². The van der Waals surface area contributed by atoms with Crippen molar-refractivity contribution in [2.24, 2.45) is 0 Å². The average molecular weight is 366 g/mol. The molecular formula is C20H13Cl2N3. The number of aromatic nitrogens is 3. The predicted molar refractivity (Wildman–Crippen MR) is 103 cm³/mol. The molecule has 2 aromatic carbocycles. The van der Waals surface area contributed by atoms with Crippen molar-refractivity contribution in [2.45, 2.75) is 0 Å². The average Bonchev–Trinajstić information content (AvgIpc) is 3.08. The van der Waals surface area contributed by atoms with Crippen molar-refractivity contribution < 1.29 is 0 Å². The van der Waals surface area contributed by atoms with Crippen molar-refractivity contribution in [3.05, 3.63) is 83.0 Å². The standard InChI is InChI=1S/C20H13Cl2N3/c21-14-9-6-10-15(22)17(14)20-24-18(13-7-2-1-3-8-13)19(25-20)16-11-4-5-12-23-16/h1-12H,(H,24,25). The van der Waals surface area contributed by atoms with Gasteiger partial charge in [-0.15, -0.1) is 0 Å². The van der Waals surface area contributed by atoms with Gasteiger partial charge in [-0.25, -0.2) is 4.98 Å². The fraction of sp³-hybridized carbons (Fsp3) is 0. The number of pyridine rings is 1. The minimum Gasteiger partial charge on any atom is -0.336 e. The summed E-state index contributed by atoms with van der Waals surface area (Å²) in [6, 6.07) is 21.1. The quantitative estimate of drug-likeness (QED) is 0.475. The zero-order valence-corrected chi connectivity index (χ0v) is 14.6. The van der Waals surface area contributed by atoms with Gasteiger partial charge in [-0.3, -0.25) is 4.98 Å². The maximum Gasteiger partial charge on any atom is 0.141 e. The number of benzene rings is 2. The maximum atomic E-state index is 6.36. The lowest BCUT2D eigenvalue weighted by molar-refractivity contribution is 1.27. The molecule has 2 aromatic heterocycles. The van der Waals surface area contributed by atoms with Crippen molar-refractivity contribution in [2.75, 3.05) is 0 Å².